The van der Waals surface area contributed by atoms with Crippen LogP contribution in [-0.4, -0.2) is 29.7 Å². The van der Waals surface area contributed by atoms with E-state index in [0.29, 0.717) is 23.0 Å². The van der Waals surface area contributed by atoms with Gasteiger partial charge in [-0.3, -0.25) is 0 Å². The standard InChI is InChI=1S/C10H15F3N4/c1-6-8(14-3)16-7(2)17-9(6)15-5-4-10(11,12)13/h4-5H2,1-3H3,(H2,14,15,16,17). The molecule has 0 saturated heterocycles. The molecule has 0 atom stereocenters. The Kier molecular flexibility index (Phi) is 4.14. The quantitative estimate of drug-likeness (QED) is 0.859. The number of halogens is 3. The highest BCUT2D eigenvalue weighted by Crippen LogP contribution is 2.22. The van der Waals surface area contributed by atoms with Crippen molar-refractivity contribution in [1.29, 1.82) is 0 Å². The van der Waals surface area contributed by atoms with Gasteiger partial charge in [0.05, 0.1) is 6.42 Å². The van der Waals surface area contributed by atoms with Gasteiger partial charge in [0.2, 0.25) is 0 Å². The van der Waals surface area contributed by atoms with E-state index in [9.17, 15) is 13.2 Å². The molecule has 0 aliphatic rings. The predicted molar refractivity (Wildman–Crippen MR) is 60.2 cm³/mol. The largest absolute Gasteiger partial charge is 0.390 e. The molecule has 0 aromatic carbocycles. The van der Waals surface area contributed by atoms with Crippen LogP contribution in [-0.2, 0) is 0 Å². The number of aromatic nitrogens is 2. The molecule has 0 aliphatic heterocycles. The third kappa shape index (κ3) is 4.08. The molecule has 1 aromatic rings. The average molecular weight is 248 g/mol. The number of hydrogen-bond donors (Lipinski definition) is 2. The maximum atomic E-state index is 12.0. The SMILES string of the molecule is CNc1nc(C)nc(NCCC(F)(F)F)c1C. The molecule has 0 radical (unpaired) electrons. The molecule has 2 N–H and O–H groups in total. The van der Waals surface area contributed by atoms with Crippen molar-refractivity contribution in [3.63, 3.8) is 0 Å². The fourth-order valence-electron chi connectivity index (χ4n) is 1.37. The fourth-order valence-corrected chi connectivity index (χ4v) is 1.37. The van der Waals surface area contributed by atoms with E-state index in [2.05, 4.69) is 20.6 Å². The Morgan fingerprint density at radius 3 is 2.24 bits per heavy atom. The maximum Gasteiger partial charge on any atom is 0.390 e. The molecule has 0 saturated carbocycles. The molecule has 1 rings (SSSR count). The van der Waals surface area contributed by atoms with Crippen LogP contribution in [0.5, 0.6) is 0 Å². The second kappa shape index (κ2) is 5.20. The molecular weight excluding hydrogens is 233 g/mol. The Labute approximate surface area is 97.7 Å². The van der Waals surface area contributed by atoms with Crippen LogP contribution in [0.15, 0.2) is 0 Å². The first-order valence-electron chi connectivity index (χ1n) is 5.17. The first-order valence-corrected chi connectivity index (χ1v) is 5.17. The van der Waals surface area contributed by atoms with Gasteiger partial charge in [-0.15, -0.1) is 0 Å². The van der Waals surface area contributed by atoms with Gasteiger partial charge in [0.15, 0.2) is 0 Å². The summed E-state index contributed by atoms with van der Waals surface area (Å²) in [7, 11) is 1.70. The minimum Gasteiger partial charge on any atom is -0.373 e. The minimum atomic E-state index is -4.16. The maximum absolute atomic E-state index is 12.0. The molecule has 4 nitrogen and oxygen atoms in total. The smallest absolute Gasteiger partial charge is 0.373 e. The Balaban J connectivity index is 2.74. The van der Waals surface area contributed by atoms with E-state index < -0.39 is 12.6 Å². The summed E-state index contributed by atoms with van der Waals surface area (Å²) in [6.45, 7) is 3.25. The van der Waals surface area contributed by atoms with Gasteiger partial charge < -0.3 is 10.6 Å². The van der Waals surface area contributed by atoms with Gasteiger partial charge in [-0.25, -0.2) is 9.97 Å². The summed E-state index contributed by atoms with van der Waals surface area (Å²) in [5.41, 5.74) is 0.709. The topological polar surface area (TPSA) is 49.8 Å². The normalized spacial score (nSPS) is 11.4. The fraction of sp³-hybridized carbons (Fsp3) is 0.600. The average Bonchev–Trinajstić information content (AvgIpc) is 2.20. The van der Waals surface area contributed by atoms with E-state index >= 15 is 0 Å². The van der Waals surface area contributed by atoms with Crippen LogP contribution in [0.2, 0.25) is 0 Å². The molecule has 96 valence electrons. The second-order valence-electron chi connectivity index (χ2n) is 3.63. The van der Waals surface area contributed by atoms with Crippen LogP contribution in [0, 0.1) is 13.8 Å². The molecule has 0 aliphatic carbocycles. The molecule has 7 heteroatoms. The van der Waals surface area contributed by atoms with E-state index in [1.807, 2.05) is 0 Å². The van der Waals surface area contributed by atoms with E-state index in [0.717, 1.165) is 0 Å². The highest BCUT2D eigenvalue weighted by atomic mass is 19.4. The molecule has 1 aromatic heterocycles. The molecule has 0 unspecified atom stereocenters. The van der Waals surface area contributed by atoms with Crippen LogP contribution in [0.25, 0.3) is 0 Å². The van der Waals surface area contributed by atoms with Crippen LogP contribution in [0.4, 0.5) is 24.8 Å². The van der Waals surface area contributed by atoms with Gasteiger partial charge in [0.1, 0.15) is 17.5 Å². The number of hydrogen-bond acceptors (Lipinski definition) is 4. The summed E-state index contributed by atoms with van der Waals surface area (Å²) in [6.07, 6.45) is -5.04. The first kappa shape index (κ1) is 13.5. The van der Waals surface area contributed by atoms with Gasteiger partial charge in [0.25, 0.3) is 0 Å². The van der Waals surface area contributed by atoms with E-state index in [4.69, 9.17) is 0 Å². The number of anilines is 2. The summed E-state index contributed by atoms with van der Waals surface area (Å²) in [6, 6.07) is 0. The molecule has 0 fully saturated rings. The highest BCUT2D eigenvalue weighted by molar-refractivity contribution is 5.56. The number of nitrogens with zero attached hydrogens (tertiary/aromatic N) is 2. The van der Waals surface area contributed by atoms with Gasteiger partial charge in [0, 0.05) is 19.2 Å². The summed E-state index contributed by atoms with van der Waals surface area (Å²) < 4.78 is 36.0. The summed E-state index contributed by atoms with van der Waals surface area (Å²) in [5, 5.41) is 5.54. The van der Waals surface area contributed by atoms with Crippen LogP contribution < -0.4 is 10.6 Å². The summed E-state index contributed by atoms with van der Waals surface area (Å²) in [5.74, 6) is 1.56. The van der Waals surface area contributed by atoms with E-state index in [1.54, 1.807) is 20.9 Å². The van der Waals surface area contributed by atoms with Gasteiger partial charge in [-0.1, -0.05) is 0 Å². The lowest BCUT2D eigenvalue weighted by molar-refractivity contribution is -0.131. The summed E-state index contributed by atoms with van der Waals surface area (Å²) in [4.78, 5) is 8.20. The zero-order valence-electron chi connectivity index (χ0n) is 9.94. The third-order valence-electron chi connectivity index (χ3n) is 2.20. The van der Waals surface area contributed by atoms with Crippen molar-refractivity contribution in [2.75, 3.05) is 24.2 Å². The predicted octanol–water partition coefficient (Wildman–Crippen LogP) is 2.50. The first-order chi connectivity index (χ1) is 7.83. The Bertz CT molecular complexity index is 390. The zero-order chi connectivity index (χ0) is 13.1. The van der Waals surface area contributed by atoms with Crippen molar-refractivity contribution >= 4 is 11.6 Å². The van der Waals surface area contributed by atoms with Crippen LogP contribution in [0.3, 0.4) is 0 Å². The second-order valence-corrected chi connectivity index (χ2v) is 3.63. The van der Waals surface area contributed by atoms with Crippen molar-refractivity contribution in [1.82, 2.24) is 9.97 Å². The number of alkyl halides is 3. The van der Waals surface area contributed by atoms with E-state index in [-0.39, 0.29) is 6.54 Å². The lowest BCUT2D eigenvalue weighted by Crippen LogP contribution is -2.16. The lowest BCUT2D eigenvalue weighted by Gasteiger charge is -2.13. The van der Waals surface area contributed by atoms with Crippen molar-refractivity contribution in [2.45, 2.75) is 26.4 Å². The molecule has 17 heavy (non-hydrogen) atoms. The Morgan fingerprint density at radius 2 is 1.71 bits per heavy atom. The minimum absolute atomic E-state index is 0.191. The highest BCUT2D eigenvalue weighted by Gasteiger charge is 2.26. The van der Waals surface area contributed by atoms with Crippen LogP contribution >= 0.6 is 0 Å². The van der Waals surface area contributed by atoms with Gasteiger partial charge in [-0.2, -0.15) is 13.2 Å². The molecule has 0 amide bonds. The van der Waals surface area contributed by atoms with E-state index in [1.165, 1.54) is 0 Å². The molecular formula is C10H15F3N4. The Hall–Kier alpha value is -1.53. The summed E-state index contributed by atoms with van der Waals surface area (Å²) >= 11 is 0. The van der Waals surface area contributed by atoms with Gasteiger partial charge >= 0.3 is 6.18 Å². The molecule has 0 spiro atoms. The van der Waals surface area contributed by atoms with Gasteiger partial charge in [-0.05, 0) is 13.8 Å². The third-order valence-corrected chi connectivity index (χ3v) is 2.20. The van der Waals surface area contributed by atoms with Crippen molar-refractivity contribution < 1.29 is 13.2 Å². The number of rotatable bonds is 4. The molecule has 1 heterocycles. The van der Waals surface area contributed by atoms with Crippen LogP contribution in [0.1, 0.15) is 17.8 Å². The molecule has 0 bridgehead atoms. The number of aryl methyl sites for hydroxylation is 1. The van der Waals surface area contributed by atoms with Crippen molar-refractivity contribution in [3.8, 4) is 0 Å². The van der Waals surface area contributed by atoms with Crippen molar-refractivity contribution in [3.05, 3.63) is 11.4 Å². The lowest BCUT2D eigenvalue weighted by atomic mass is 10.3. The monoisotopic (exact) mass is 248 g/mol. The number of nitrogens with one attached hydrogen (secondary N) is 2. The zero-order valence-corrected chi connectivity index (χ0v) is 9.94. The van der Waals surface area contributed by atoms with Crippen molar-refractivity contribution in [2.24, 2.45) is 0 Å². The Morgan fingerprint density at radius 1 is 1.12 bits per heavy atom.